The molecule has 1 fully saturated rings. The van der Waals surface area contributed by atoms with Crippen LogP contribution in [0.25, 0.3) is 0 Å². The Hall–Kier alpha value is -1.08. The third-order valence-electron chi connectivity index (χ3n) is 2.27. The standard InChI is InChI=1S/C8H14BNO5/c1-5(11)10-7-3-2-6(4-8(12)13)15-9(7)14/h6-7,14H,2-4H2,1H3,(H,10,11)(H,12,13)/t6-,7-/m0/s1. The van der Waals surface area contributed by atoms with E-state index in [9.17, 15) is 14.6 Å². The van der Waals surface area contributed by atoms with Crippen LogP contribution in [0.3, 0.4) is 0 Å². The van der Waals surface area contributed by atoms with Crippen molar-refractivity contribution < 1.29 is 24.4 Å². The van der Waals surface area contributed by atoms with Gasteiger partial charge in [-0.1, -0.05) is 0 Å². The van der Waals surface area contributed by atoms with Crippen LogP contribution < -0.4 is 5.32 Å². The summed E-state index contributed by atoms with van der Waals surface area (Å²) in [6.07, 6.45) is 0.458. The summed E-state index contributed by atoms with van der Waals surface area (Å²) < 4.78 is 5.07. The number of hydrogen-bond donors (Lipinski definition) is 3. The number of rotatable bonds is 3. The number of nitrogens with one attached hydrogen (secondary N) is 1. The fourth-order valence-corrected chi connectivity index (χ4v) is 1.62. The Morgan fingerprint density at radius 2 is 2.20 bits per heavy atom. The molecule has 0 aromatic heterocycles. The second-order valence-electron chi connectivity index (χ2n) is 3.63. The third kappa shape index (κ3) is 3.89. The summed E-state index contributed by atoms with van der Waals surface area (Å²) in [5.41, 5.74) is 0. The van der Waals surface area contributed by atoms with Crippen molar-refractivity contribution in [3.8, 4) is 0 Å². The highest BCUT2D eigenvalue weighted by Crippen LogP contribution is 2.18. The van der Waals surface area contributed by atoms with Gasteiger partial charge in [-0.05, 0) is 12.8 Å². The number of carboxylic acid groups (broad SMARTS) is 1. The first-order valence-corrected chi connectivity index (χ1v) is 4.81. The maximum Gasteiger partial charge on any atom is 0.478 e. The van der Waals surface area contributed by atoms with E-state index in [2.05, 4.69) is 5.32 Å². The summed E-state index contributed by atoms with van der Waals surface area (Å²) in [6, 6.07) is 0. The molecule has 15 heavy (non-hydrogen) atoms. The zero-order chi connectivity index (χ0) is 11.4. The third-order valence-corrected chi connectivity index (χ3v) is 2.27. The molecule has 0 unspecified atom stereocenters. The Labute approximate surface area is 87.8 Å². The monoisotopic (exact) mass is 215 g/mol. The van der Waals surface area contributed by atoms with Crippen LogP contribution in [0.1, 0.15) is 26.2 Å². The summed E-state index contributed by atoms with van der Waals surface area (Å²) in [5.74, 6) is -1.63. The van der Waals surface area contributed by atoms with Gasteiger partial charge in [0, 0.05) is 6.92 Å². The van der Waals surface area contributed by atoms with Crippen LogP contribution in [0.15, 0.2) is 0 Å². The SMILES string of the molecule is CC(=O)N[C@H]1CC[C@@H](CC(=O)O)OB1O. The van der Waals surface area contributed by atoms with Gasteiger partial charge in [-0.25, -0.2) is 0 Å². The van der Waals surface area contributed by atoms with Gasteiger partial charge in [0.1, 0.15) is 0 Å². The quantitative estimate of drug-likeness (QED) is 0.533. The molecule has 3 N–H and O–H groups in total. The molecule has 0 radical (unpaired) electrons. The van der Waals surface area contributed by atoms with E-state index in [1.54, 1.807) is 0 Å². The van der Waals surface area contributed by atoms with E-state index < -0.39 is 25.1 Å². The van der Waals surface area contributed by atoms with Crippen molar-refractivity contribution in [2.24, 2.45) is 0 Å². The number of hydrogen-bond acceptors (Lipinski definition) is 4. The molecule has 0 spiro atoms. The summed E-state index contributed by atoms with van der Waals surface area (Å²) in [4.78, 5) is 21.1. The molecule has 1 aliphatic rings. The van der Waals surface area contributed by atoms with Crippen molar-refractivity contribution in [3.63, 3.8) is 0 Å². The van der Waals surface area contributed by atoms with Gasteiger partial charge in [0.15, 0.2) is 0 Å². The second kappa shape index (κ2) is 5.13. The Bertz CT molecular complexity index is 259. The van der Waals surface area contributed by atoms with Gasteiger partial charge in [-0.2, -0.15) is 0 Å². The molecule has 0 bridgehead atoms. The lowest BCUT2D eigenvalue weighted by molar-refractivity contribution is -0.139. The fraction of sp³-hybridized carbons (Fsp3) is 0.750. The van der Waals surface area contributed by atoms with Crippen molar-refractivity contribution in [3.05, 3.63) is 0 Å². The first-order chi connectivity index (χ1) is 6.99. The maximum absolute atomic E-state index is 10.7. The minimum Gasteiger partial charge on any atom is -0.481 e. The molecule has 7 heteroatoms. The zero-order valence-corrected chi connectivity index (χ0v) is 8.47. The average molecular weight is 215 g/mol. The van der Waals surface area contributed by atoms with Gasteiger partial charge in [0.2, 0.25) is 5.91 Å². The van der Waals surface area contributed by atoms with Crippen LogP contribution >= 0.6 is 0 Å². The topological polar surface area (TPSA) is 95.9 Å². The van der Waals surface area contributed by atoms with Crippen LogP contribution in [0.4, 0.5) is 0 Å². The first-order valence-electron chi connectivity index (χ1n) is 4.81. The Morgan fingerprint density at radius 3 is 2.67 bits per heavy atom. The second-order valence-corrected chi connectivity index (χ2v) is 3.63. The van der Waals surface area contributed by atoms with Gasteiger partial charge in [-0.15, -0.1) is 0 Å². The van der Waals surface area contributed by atoms with Crippen LogP contribution in [-0.4, -0.2) is 41.2 Å². The van der Waals surface area contributed by atoms with E-state index in [1.165, 1.54) is 6.92 Å². The minimum absolute atomic E-state index is 0.121. The van der Waals surface area contributed by atoms with Crippen molar-refractivity contribution >= 4 is 19.0 Å². The predicted octanol–water partition coefficient (Wildman–Crippen LogP) is -0.835. The van der Waals surface area contributed by atoms with E-state index in [1.807, 2.05) is 0 Å². The van der Waals surface area contributed by atoms with Gasteiger partial charge in [-0.3, -0.25) is 9.59 Å². The number of carboxylic acids is 1. The van der Waals surface area contributed by atoms with Gasteiger partial charge in [0.25, 0.3) is 0 Å². The van der Waals surface area contributed by atoms with E-state index >= 15 is 0 Å². The molecule has 84 valence electrons. The normalized spacial score (nSPS) is 26.1. The molecular weight excluding hydrogens is 201 g/mol. The van der Waals surface area contributed by atoms with Gasteiger partial charge in [0.05, 0.1) is 18.5 Å². The highest BCUT2D eigenvalue weighted by Gasteiger charge is 2.36. The van der Waals surface area contributed by atoms with E-state index in [0.29, 0.717) is 12.8 Å². The fourth-order valence-electron chi connectivity index (χ4n) is 1.62. The highest BCUT2D eigenvalue weighted by atomic mass is 16.5. The largest absolute Gasteiger partial charge is 0.481 e. The van der Waals surface area contributed by atoms with Crippen LogP contribution in [0.2, 0.25) is 0 Å². The van der Waals surface area contributed by atoms with Crippen LogP contribution in [-0.2, 0) is 14.2 Å². The van der Waals surface area contributed by atoms with Crippen molar-refractivity contribution in [1.82, 2.24) is 5.32 Å². The molecule has 0 aromatic rings. The summed E-state index contributed by atoms with van der Waals surface area (Å²) in [7, 11) is -1.12. The zero-order valence-electron chi connectivity index (χ0n) is 8.47. The minimum atomic E-state index is -1.12. The molecule has 1 rings (SSSR count). The lowest BCUT2D eigenvalue weighted by atomic mass is 9.72. The smallest absolute Gasteiger partial charge is 0.478 e. The highest BCUT2D eigenvalue weighted by molar-refractivity contribution is 6.45. The number of aliphatic carboxylic acids is 1. The Morgan fingerprint density at radius 1 is 1.53 bits per heavy atom. The summed E-state index contributed by atoms with van der Waals surface area (Å²) in [6.45, 7) is 1.36. The number of amides is 1. The summed E-state index contributed by atoms with van der Waals surface area (Å²) in [5, 5.41) is 20.5. The van der Waals surface area contributed by atoms with Crippen LogP contribution in [0.5, 0.6) is 0 Å². The molecule has 6 nitrogen and oxygen atoms in total. The lowest BCUT2D eigenvalue weighted by Crippen LogP contribution is -2.52. The molecule has 1 amide bonds. The summed E-state index contributed by atoms with van der Waals surface area (Å²) >= 11 is 0. The maximum atomic E-state index is 10.7. The molecule has 0 aliphatic carbocycles. The molecule has 2 atom stereocenters. The Kier molecular flexibility index (Phi) is 4.10. The lowest BCUT2D eigenvalue weighted by Gasteiger charge is -2.30. The molecular formula is C8H14BNO5. The average Bonchev–Trinajstić information content (AvgIpc) is 2.08. The van der Waals surface area contributed by atoms with E-state index in [-0.39, 0.29) is 12.3 Å². The van der Waals surface area contributed by atoms with Gasteiger partial charge < -0.3 is 20.1 Å². The van der Waals surface area contributed by atoms with Crippen molar-refractivity contribution in [2.75, 3.05) is 0 Å². The van der Waals surface area contributed by atoms with Crippen molar-refractivity contribution in [1.29, 1.82) is 0 Å². The molecule has 1 saturated heterocycles. The van der Waals surface area contributed by atoms with Crippen LogP contribution in [0, 0.1) is 0 Å². The molecule has 1 heterocycles. The van der Waals surface area contributed by atoms with Gasteiger partial charge >= 0.3 is 13.1 Å². The molecule has 0 saturated carbocycles. The number of carbonyl (C=O) groups is 2. The molecule has 1 aliphatic heterocycles. The first kappa shape index (κ1) is 12.0. The van der Waals surface area contributed by atoms with Crippen molar-refractivity contribution in [2.45, 2.75) is 38.2 Å². The molecule has 0 aromatic carbocycles. The van der Waals surface area contributed by atoms with E-state index in [4.69, 9.17) is 9.76 Å². The Balaban J connectivity index is 2.40. The number of carbonyl (C=O) groups excluding carboxylic acids is 1. The van der Waals surface area contributed by atoms with E-state index in [0.717, 1.165) is 0 Å². The predicted molar refractivity (Wildman–Crippen MR) is 51.9 cm³/mol.